The maximum atomic E-state index is 12.9. The first-order valence-corrected chi connectivity index (χ1v) is 9.78. The largest absolute Gasteiger partial charge is 0.337 e. The Bertz CT molecular complexity index is 1010. The van der Waals surface area contributed by atoms with E-state index in [9.17, 15) is 4.79 Å². The summed E-state index contributed by atoms with van der Waals surface area (Å²) in [6, 6.07) is 7.65. The molecule has 3 heterocycles. The summed E-state index contributed by atoms with van der Waals surface area (Å²) >= 11 is 6.18. The fourth-order valence-electron chi connectivity index (χ4n) is 3.68. The van der Waals surface area contributed by atoms with Gasteiger partial charge in [-0.1, -0.05) is 30.7 Å². The Morgan fingerprint density at radius 3 is 2.67 bits per heavy atom. The predicted molar refractivity (Wildman–Crippen MR) is 105 cm³/mol. The molecule has 27 heavy (non-hydrogen) atoms. The summed E-state index contributed by atoms with van der Waals surface area (Å²) in [4.78, 5) is 14.8. The van der Waals surface area contributed by atoms with Crippen LogP contribution in [-0.2, 0) is 6.42 Å². The number of aromatic nitrogens is 4. The second-order valence-electron chi connectivity index (χ2n) is 6.91. The molecule has 7 heteroatoms. The SMILES string of the molecule is CCc1nn2c(C)c(C(=O)N3CCCCC3)nnc2c1-c1cccc(Cl)c1. The molecule has 0 radical (unpaired) electrons. The minimum atomic E-state index is -0.0561. The Morgan fingerprint density at radius 1 is 1.19 bits per heavy atom. The number of aryl methyl sites for hydroxylation is 2. The van der Waals surface area contributed by atoms with Crippen LogP contribution in [0.25, 0.3) is 16.8 Å². The molecule has 3 aromatic rings. The van der Waals surface area contributed by atoms with E-state index in [0.29, 0.717) is 16.4 Å². The molecule has 1 fully saturated rings. The molecule has 6 nitrogen and oxygen atoms in total. The zero-order chi connectivity index (χ0) is 19.0. The third-order valence-electron chi connectivity index (χ3n) is 5.13. The Hall–Kier alpha value is -2.47. The van der Waals surface area contributed by atoms with Crippen LogP contribution < -0.4 is 0 Å². The van der Waals surface area contributed by atoms with E-state index < -0.39 is 0 Å². The topological polar surface area (TPSA) is 63.4 Å². The van der Waals surface area contributed by atoms with Crippen LogP contribution >= 0.6 is 11.6 Å². The third kappa shape index (κ3) is 3.18. The number of benzene rings is 1. The molecule has 1 aliphatic rings. The van der Waals surface area contributed by atoms with Gasteiger partial charge in [0, 0.05) is 18.1 Å². The van der Waals surface area contributed by atoms with Gasteiger partial charge in [0.05, 0.1) is 17.0 Å². The van der Waals surface area contributed by atoms with Crippen molar-refractivity contribution in [3.63, 3.8) is 0 Å². The summed E-state index contributed by atoms with van der Waals surface area (Å²) in [6.07, 6.45) is 4.01. The number of likely N-dealkylation sites (tertiary alicyclic amines) is 1. The lowest BCUT2D eigenvalue weighted by Gasteiger charge is -2.26. The number of piperidine rings is 1. The van der Waals surface area contributed by atoms with Crippen LogP contribution in [0.5, 0.6) is 0 Å². The number of rotatable bonds is 3. The number of fused-ring (bicyclic) bond motifs is 1. The molecule has 0 aliphatic carbocycles. The number of carbonyl (C=O) groups excluding carboxylic acids is 1. The summed E-state index contributed by atoms with van der Waals surface area (Å²) in [7, 11) is 0. The molecular formula is C20H22ClN5O. The minimum Gasteiger partial charge on any atom is -0.337 e. The van der Waals surface area contributed by atoms with E-state index >= 15 is 0 Å². The quantitative estimate of drug-likeness (QED) is 0.687. The highest BCUT2D eigenvalue weighted by Crippen LogP contribution is 2.30. The first-order valence-electron chi connectivity index (χ1n) is 9.40. The van der Waals surface area contributed by atoms with E-state index in [1.54, 1.807) is 4.52 Å². The smallest absolute Gasteiger partial charge is 0.276 e. The lowest BCUT2D eigenvalue weighted by atomic mass is 10.0. The van der Waals surface area contributed by atoms with Crippen LogP contribution in [-0.4, -0.2) is 43.7 Å². The van der Waals surface area contributed by atoms with Gasteiger partial charge >= 0.3 is 0 Å². The summed E-state index contributed by atoms with van der Waals surface area (Å²) < 4.78 is 1.75. The second kappa shape index (κ2) is 7.27. The van der Waals surface area contributed by atoms with E-state index in [4.69, 9.17) is 16.7 Å². The number of hydrogen-bond acceptors (Lipinski definition) is 4. The van der Waals surface area contributed by atoms with Gasteiger partial charge in [0.15, 0.2) is 11.3 Å². The van der Waals surface area contributed by atoms with Gasteiger partial charge in [-0.3, -0.25) is 4.79 Å². The van der Waals surface area contributed by atoms with Gasteiger partial charge in [-0.05, 0) is 50.3 Å². The molecule has 0 unspecified atom stereocenters. The third-order valence-corrected chi connectivity index (χ3v) is 5.37. The number of amides is 1. The second-order valence-corrected chi connectivity index (χ2v) is 7.34. The highest BCUT2D eigenvalue weighted by molar-refractivity contribution is 6.30. The summed E-state index contributed by atoms with van der Waals surface area (Å²) in [5.41, 5.74) is 4.55. The minimum absolute atomic E-state index is 0.0561. The van der Waals surface area contributed by atoms with E-state index in [2.05, 4.69) is 17.1 Å². The molecule has 0 saturated carbocycles. The highest BCUT2D eigenvalue weighted by Gasteiger charge is 2.25. The zero-order valence-electron chi connectivity index (χ0n) is 15.6. The van der Waals surface area contributed by atoms with Crippen molar-refractivity contribution in [2.24, 2.45) is 0 Å². The maximum Gasteiger partial charge on any atom is 0.276 e. The highest BCUT2D eigenvalue weighted by atomic mass is 35.5. The van der Waals surface area contributed by atoms with Gasteiger partial charge in [-0.2, -0.15) is 5.10 Å². The van der Waals surface area contributed by atoms with Gasteiger partial charge in [0.25, 0.3) is 5.91 Å². The van der Waals surface area contributed by atoms with Gasteiger partial charge in [-0.25, -0.2) is 4.52 Å². The van der Waals surface area contributed by atoms with Crippen molar-refractivity contribution >= 4 is 23.2 Å². The number of hydrogen-bond donors (Lipinski definition) is 0. The lowest BCUT2D eigenvalue weighted by molar-refractivity contribution is 0.0715. The van der Waals surface area contributed by atoms with Gasteiger partial charge < -0.3 is 4.90 Å². The van der Waals surface area contributed by atoms with Crippen molar-refractivity contribution in [2.45, 2.75) is 39.5 Å². The van der Waals surface area contributed by atoms with Crippen LogP contribution in [0.1, 0.15) is 48.1 Å². The summed E-state index contributed by atoms with van der Waals surface area (Å²) in [5, 5.41) is 14.1. The van der Waals surface area contributed by atoms with Gasteiger partial charge in [0.2, 0.25) is 0 Å². The summed E-state index contributed by atoms with van der Waals surface area (Å²) in [6.45, 7) is 5.50. The molecule has 0 atom stereocenters. The van der Waals surface area contributed by atoms with Gasteiger partial charge in [0.1, 0.15) is 0 Å². The monoisotopic (exact) mass is 383 g/mol. The molecule has 2 aromatic heterocycles. The van der Waals surface area contributed by atoms with E-state index in [0.717, 1.165) is 54.9 Å². The average Bonchev–Trinajstić information content (AvgIpc) is 3.08. The summed E-state index contributed by atoms with van der Waals surface area (Å²) in [5.74, 6) is -0.0561. The lowest BCUT2D eigenvalue weighted by Crippen LogP contribution is -2.37. The fourth-order valence-corrected chi connectivity index (χ4v) is 3.87. The van der Waals surface area contributed by atoms with Crippen LogP contribution in [0.15, 0.2) is 24.3 Å². The van der Waals surface area contributed by atoms with E-state index in [-0.39, 0.29) is 5.91 Å². The van der Waals surface area contributed by atoms with Crippen molar-refractivity contribution in [1.82, 2.24) is 24.7 Å². The van der Waals surface area contributed by atoms with Crippen LogP contribution in [0, 0.1) is 6.92 Å². The Labute approximate surface area is 163 Å². The van der Waals surface area contributed by atoms with Crippen molar-refractivity contribution in [1.29, 1.82) is 0 Å². The molecule has 140 valence electrons. The van der Waals surface area contributed by atoms with Crippen molar-refractivity contribution < 1.29 is 4.79 Å². The normalized spacial score (nSPS) is 14.7. The number of carbonyl (C=O) groups is 1. The standard InChI is InChI=1S/C20H22ClN5O/c1-3-16-17(14-8-7-9-15(21)12-14)19-23-22-18(13(2)26(19)24-16)20(27)25-10-5-4-6-11-25/h7-9,12H,3-6,10-11H2,1-2H3. The van der Waals surface area contributed by atoms with E-state index in [1.165, 1.54) is 6.42 Å². The zero-order valence-corrected chi connectivity index (χ0v) is 16.3. The molecule has 0 bridgehead atoms. The molecular weight excluding hydrogens is 362 g/mol. The molecule has 1 amide bonds. The molecule has 1 saturated heterocycles. The molecule has 0 spiro atoms. The van der Waals surface area contributed by atoms with Crippen molar-refractivity contribution in [3.8, 4) is 11.1 Å². The van der Waals surface area contributed by atoms with Crippen LogP contribution in [0.4, 0.5) is 0 Å². The first kappa shape index (κ1) is 17.9. The van der Waals surface area contributed by atoms with Crippen LogP contribution in [0.2, 0.25) is 5.02 Å². The van der Waals surface area contributed by atoms with Gasteiger partial charge in [-0.15, -0.1) is 10.2 Å². The fraction of sp³-hybridized carbons (Fsp3) is 0.400. The Morgan fingerprint density at radius 2 is 1.96 bits per heavy atom. The molecule has 0 N–H and O–H groups in total. The first-order chi connectivity index (χ1) is 13.1. The van der Waals surface area contributed by atoms with Crippen molar-refractivity contribution in [3.05, 3.63) is 46.4 Å². The van der Waals surface area contributed by atoms with E-state index in [1.807, 2.05) is 36.1 Å². The van der Waals surface area contributed by atoms with Crippen LogP contribution in [0.3, 0.4) is 0 Å². The Balaban J connectivity index is 1.83. The predicted octanol–water partition coefficient (Wildman–Crippen LogP) is 3.94. The number of nitrogens with zero attached hydrogens (tertiary/aromatic N) is 5. The molecule has 4 rings (SSSR count). The average molecular weight is 384 g/mol. The number of halogens is 1. The Kier molecular flexibility index (Phi) is 4.83. The van der Waals surface area contributed by atoms with Crippen molar-refractivity contribution in [2.75, 3.05) is 13.1 Å². The maximum absolute atomic E-state index is 12.9. The molecule has 1 aliphatic heterocycles. The molecule has 1 aromatic carbocycles.